The average molecular weight is 439 g/mol. The maximum Gasteiger partial charge on any atom is 0.225 e. The number of carbonyl (C=O) groups excluding carboxylic acids is 1. The summed E-state index contributed by atoms with van der Waals surface area (Å²) in [5, 5.41) is 0. The van der Waals surface area contributed by atoms with Gasteiger partial charge in [0.1, 0.15) is 17.5 Å². The minimum Gasteiger partial charge on any atom is -0.353 e. The fourth-order valence-corrected chi connectivity index (χ4v) is 4.53. The molecule has 0 bridgehead atoms. The Balaban J connectivity index is 1.62. The van der Waals surface area contributed by atoms with E-state index < -0.39 is 0 Å². The summed E-state index contributed by atoms with van der Waals surface area (Å²) in [6, 6.07) is 6.71. The summed E-state index contributed by atoms with van der Waals surface area (Å²) in [5.74, 6) is 2.54. The van der Waals surface area contributed by atoms with Crippen molar-refractivity contribution in [3.8, 4) is 0 Å². The van der Waals surface area contributed by atoms with Crippen LogP contribution in [0.3, 0.4) is 0 Å². The van der Waals surface area contributed by atoms with Crippen LogP contribution in [0.15, 0.2) is 24.3 Å². The molecule has 2 fully saturated rings. The number of rotatable bonds is 7. The molecule has 2 heterocycles. The molecule has 1 saturated carbocycles. The number of anilines is 1. The van der Waals surface area contributed by atoms with Crippen LogP contribution in [0, 0.1) is 11.7 Å². The van der Waals surface area contributed by atoms with Gasteiger partial charge < -0.3 is 9.80 Å². The number of hydrogen-bond donors (Lipinski definition) is 0. The van der Waals surface area contributed by atoms with Crippen molar-refractivity contribution >= 4 is 11.7 Å². The maximum atomic E-state index is 13.4. The monoisotopic (exact) mass is 438 g/mol. The van der Waals surface area contributed by atoms with Crippen LogP contribution in [-0.2, 0) is 17.6 Å². The minimum absolute atomic E-state index is 0.222. The molecule has 0 N–H and O–H groups in total. The van der Waals surface area contributed by atoms with E-state index in [4.69, 9.17) is 9.97 Å². The first-order valence-corrected chi connectivity index (χ1v) is 12.2. The summed E-state index contributed by atoms with van der Waals surface area (Å²) < 4.78 is 13.4. The smallest absolute Gasteiger partial charge is 0.225 e. The third kappa shape index (κ3) is 4.79. The molecule has 1 unspecified atom stereocenters. The molecule has 1 saturated heterocycles. The van der Waals surface area contributed by atoms with Crippen molar-refractivity contribution in [1.29, 1.82) is 0 Å². The zero-order valence-electron chi connectivity index (χ0n) is 19.6. The van der Waals surface area contributed by atoms with E-state index >= 15 is 0 Å². The molecule has 0 spiro atoms. The highest BCUT2D eigenvalue weighted by atomic mass is 19.1. The minimum atomic E-state index is -0.222. The van der Waals surface area contributed by atoms with E-state index in [2.05, 4.69) is 25.7 Å². The van der Waals surface area contributed by atoms with Crippen LogP contribution in [0.4, 0.5) is 10.2 Å². The molecular weight excluding hydrogens is 403 g/mol. The standard InChI is InChI=1S/C26H35FN4O/c1-4-18(3)24-28-23(5-2)22(17-19-9-11-21(27)12-10-19)25(29-24)30-13-15-31(16-14-30)26(32)20-7-6-8-20/h9-12,18,20H,4-8,13-17H2,1-3H3. The lowest BCUT2D eigenvalue weighted by molar-refractivity contribution is -0.138. The molecule has 6 heteroatoms. The fourth-order valence-electron chi connectivity index (χ4n) is 4.53. The molecule has 4 rings (SSSR count). The molecule has 1 aliphatic heterocycles. The number of nitrogens with zero attached hydrogens (tertiary/aromatic N) is 4. The van der Waals surface area contributed by atoms with Gasteiger partial charge in [0.15, 0.2) is 0 Å². The Labute approximate surface area is 191 Å². The predicted octanol–water partition coefficient (Wildman–Crippen LogP) is 4.73. The number of amides is 1. The SMILES string of the molecule is CCc1nc(C(C)CC)nc(N2CCN(C(=O)C3CCC3)CC2)c1Cc1ccc(F)cc1. The topological polar surface area (TPSA) is 49.3 Å². The van der Waals surface area contributed by atoms with E-state index in [0.717, 1.165) is 80.3 Å². The zero-order chi connectivity index (χ0) is 22.7. The number of carbonyl (C=O) groups is 1. The van der Waals surface area contributed by atoms with Gasteiger partial charge in [-0.25, -0.2) is 14.4 Å². The molecule has 1 aliphatic carbocycles. The van der Waals surface area contributed by atoms with Crippen molar-refractivity contribution in [3.05, 3.63) is 52.7 Å². The number of aryl methyl sites for hydroxylation is 1. The van der Waals surface area contributed by atoms with E-state index in [1.165, 1.54) is 18.6 Å². The Morgan fingerprint density at radius 1 is 1.09 bits per heavy atom. The van der Waals surface area contributed by atoms with E-state index in [1.54, 1.807) is 0 Å². The van der Waals surface area contributed by atoms with Gasteiger partial charge in [-0.3, -0.25) is 4.79 Å². The van der Waals surface area contributed by atoms with Gasteiger partial charge in [0.25, 0.3) is 0 Å². The van der Waals surface area contributed by atoms with Crippen LogP contribution < -0.4 is 4.90 Å². The van der Waals surface area contributed by atoms with Crippen LogP contribution in [0.1, 0.15) is 75.0 Å². The average Bonchev–Trinajstić information content (AvgIpc) is 2.79. The Kier molecular flexibility index (Phi) is 7.07. The van der Waals surface area contributed by atoms with E-state index in [-0.39, 0.29) is 11.7 Å². The van der Waals surface area contributed by atoms with Crippen LogP contribution in [-0.4, -0.2) is 47.0 Å². The summed E-state index contributed by atoms with van der Waals surface area (Å²) in [5.41, 5.74) is 3.26. The van der Waals surface area contributed by atoms with Gasteiger partial charge in [-0.2, -0.15) is 0 Å². The second-order valence-electron chi connectivity index (χ2n) is 9.24. The van der Waals surface area contributed by atoms with Gasteiger partial charge in [-0.1, -0.05) is 39.3 Å². The number of piperazine rings is 1. The lowest BCUT2D eigenvalue weighted by Gasteiger charge is -2.39. The van der Waals surface area contributed by atoms with Crippen molar-refractivity contribution < 1.29 is 9.18 Å². The third-order valence-corrected chi connectivity index (χ3v) is 7.12. The van der Waals surface area contributed by atoms with Gasteiger partial charge in [-0.05, 0) is 43.4 Å². The van der Waals surface area contributed by atoms with Crippen LogP contribution in [0.2, 0.25) is 0 Å². The van der Waals surface area contributed by atoms with Crippen molar-refractivity contribution in [2.75, 3.05) is 31.1 Å². The number of benzene rings is 1. The van der Waals surface area contributed by atoms with Crippen molar-refractivity contribution in [2.24, 2.45) is 5.92 Å². The highest BCUT2D eigenvalue weighted by Crippen LogP contribution is 2.31. The zero-order valence-corrected chi connectivity index (χ0v) is 19.6. The maximum absolute atomic E-state index is 13.4. The Hall–Kier alpha value is -2.50. The lowest BCUT2D eigenvalue weighted by Crippen LogP contribution is -2.51. The molecule has 1 atom stereocenters. The summed E-state index contributed by atoms with van der Waals surface area (Å²) in [7, 11) is 0. The number of aromatic nitrogens is 2. The molecule has 1 amide bonds. The molecular formula is C26H35FN4O. The molecule has 2 aromatic rings. The molecule has 1 aromatic carbocycles. The van der Waals surface area contributed by atoms with Crippen LogP contribution >= 0.6 is 0 Å². The van der Waals surface area contributed by atoms with Gasteiger partial charge in [0.2, 0.25) is 5.91 Å². The molecule has 5 nitrogen and oxygen atoms in total. The van der Waals surface area contributed by atoms with Crippen molar-refractivity contribution in [3.63, 3.8) is 0 Å². The Morgan fingerprint density at radius 3 is 2.34 bits per heavy atom. The van der Waals surface area contributed by atoms with Gasteiger partial charge >= 0.3 is 0 Å². The summed E-state index contributed by atoms with van der Waals surface area (Å²) in [4.78, 5) is 27.1. The van der Waals surface area contributed by atoms with E-state index in [0.29, 0.717) is 18.2 Å². The lowest BCUT2D eigenvalue weighted by atomic mass is 9.84. The number of halogens is 1. The third-order valence-electron chi connectivity index (χ3n) is 7.12. The summed E-state index contributed by atoms with van der Waals surface area (Å²) in [6.45, 7) is 9.54. The Bertz CT molecular complexity index is 934. The highest BCUT2D eigenvalue weighted by molar-refractivity contribution is 5.80. The van der Waals surface area contributed by atoms with E-state index in [9.17, 15) is 9.18 Å². The van der Waals surface area contributed by atoms with Gasteiger partial charge in [0.05, 0.1) is 0 Å². The normalized spacial score (nSPS) is 17.9. The second-order valence-corrected chi connectivity index (χ2v) is 9.24. The molecule has 0 radical (unpaired) electrons. The number of hydrogen-bond acceptors (Lipinski definition) is 4. The second kappa shape index (κ2) is 9.97. The molecule has 32 heavy (non-hydrogen) atoms. The first-order valence-electron chi connectivity index (χ1n) is 12.2. The molecule has 1 aromatic heterocycles. The van der Waals surface area contributed by atoms with Crippen molar-refractivity contribution in [1.82, 2.24) is 14.9 Å². The quantitative estimate of drug-likeness (QED) is 0.627. The molecule has 172 valence electrons. The summed E-state index contributed by atoms with van der Waals surface area (Å²) >= 11 is 0. The summed E-state index contributed by atoms with van der Waals surface area (Å²) in [6.07, 6.45) is 5.78. The van der Waals surface area contributed by atoms with Crippen molar-refractivity contribution in [2.45, 2.75) is 65.2 Å². The first-order chi connectivity index (χ1) is 15.5. The van der Waals surface area contributed by atoms with E-state index in [1.807, 2.05) is 17.0 Å². The fraction of sp³-hybridized carbons (Fsp3) is 0.577. The molecule has 2 aliphatic rings. The highest BCUT2D eigenvalue weighted by Gasteiger charge is 2.32. The van der Waals surface area contributed by atoms with Crippen LogP contribution in [0.25, 0.3) is 0 Å². The first kappa shape index (κ1) is 22.7. The largest absolute Gasteiger partial charge is 0.353 e. The predicted molar refractivity (Wildman–Crippen MR) is 125 cm³/mol. The van der Waals surface area contributed by atoms with Crippen LogP contribution in [0.5, 0.6) is 0 Å². The Morgan fingerprint density at radius 2 is 1.78 bits per heavy atom. The van der Waals surface area contributed by atoms with Gasteiger partial charge in [0, 0.05) is 55.7 Å². The van der Waals surface area contributed by atoms with Gasteiger partial charge in [-0.15, -0.1) is 0 Å².